The van der Waals surface area contributed by atoms with Crippen LogP contribution in [0.4, 0.5) is 0 Å². The molecule has 0 radical (unpaired) electrons. The van der Waals surface area contributed by atoms with Crippen LogP contribution in [0.2, 0.25) is 0 Å². The zero-order valence-corrected chi connectivity index (χ0v) is 34.7. The molecule has 2 aliphatic carbocycles. The number of aliphatic imine (C=N–C) groups is 1. The average Bonchev–Trinajstić information content (AvgIpc) is 3.71. The predicted octanol–water partition coefficient (Wildman–Crippen LogP) is 14.7. The van der Waals surface area contributed by atoms with Gasteiger partial charge < -0.3 is 5.32 Å². The van der Waals surface area contributed by atoms with Crippen molar-refractivity contribution >= 4 is 33.1 Å². The second-order valence-corrected chi connectivity index (χ2v) is 16.8. The van der Waals surface area contributed by atoms with Crippen molar-refractivity contribution in [3.63, 3.8) is 0 Å². The maximum absolute atomic E-state index is 5.46. The van der Waals surface area contributed by atoms with Crippen molar-refractivity contribution in [2.24, 2.45) is 4.99 Å². The SMILES string of the molecule is C1=C(C2=CC(c3ccccc3)NC(c3cccc(C4c5ccccc5-c5ccccc54)c3)=N2)C=C(c2cccc3c2ccc2nc(-c4ccccc4)cc(-c4ccccc4)c23)CC1. The summed E-state index contributed by atoms with van der Waals surface area (Å²) in [5, 5.41) is 7.48. The summed E-state index contributed by atoms with van der Waals surface area (Å²) in [6, 6.07) is 72.2. The first-order chi connectivity index (χ1) is 31.2. The van der Waals surface area contributed by atoms with Crippen LogP contribution in [0, 0.1) is 0 Å². The molecule has 8 aromatic carbocycles. The normalized spacial score (nSPS) is 15.8. The summed E-state index contributed by atoms with van der Waals surface area (Å²) < 4.78 is 0. The number of fused-ring (bicyclic) bond motifs is 6. The lowest BCUT2D eigenvalue weighted by Crippen LogP contribution is -2.31. The van der Waals surface area contributed by atoms with Gasteiger partial charge in [0.15, 0.2) is 0 Å². The van der Waals surface area contributed by atoms with E-state index in [9.17, 15) is 0 Å². The van der Waals surface area contributed by atoms with Crippen LogP contribution in [0.5, 0.6) is 0 Å². The van der Waals surface area contributed by atoms with Crippen LogP contribution in [-0.2, 0) is 0 Å². The molecule has 1 atom stereocenters. The predicted molar refractivity (Wildman–Crippen MR) is 262 cm³/mol. The van der Waals surface area contributed by atoms with Crippen LogP contribution in [0.25, 0.3) is 60.8 Å². The van der Waals surface area contributed by atoms with Crippen LogP contribution >= 0.6 is 0 Å². The van der Waals surface area contributed by atoms with Crippen LogP contribution in [0.3, 0.4) is 0 Å². The fourth-order valence-corrected chi connectivity index (χ4v) is 10.1. The first-order valence-electron chi connectivity index (χ1n) is 22.0. The van der Waals surface area contributed by atoms with Crippen molar-refractivity contribution in [3.8, 4) is 33.5 Å². The summed E-state index contributed by atoms with van der Waals surface area (Å²) in [7, 11) is 0. The van der Waals surface area contributed by atoms with Crippen LogP contribution in [0.15, 0.2) is 235 Å². The minimum absolute atomic E-state index is 0.0430. The number of aromatic nitrogens is 1. The van der Waals surface area contributed by atoms with E-state index in [0.717, 1.165) is 52.3 Å². The van der Waals surface area contributed by atoms with E-state index in [4.69, 9.17) is 9.98 Å². The standard InChI is InChI=1S/C60H43N3/c1-4-17-39(18-5-1)53-37-55(40-19-6-2-7-20-40)61-54-34-33-49-46(31-16-32-52(49)59(53)54)42-23-14-24-43(35-42)57-38-56(41-21-8-3-9-22-41)62-60(63-57)45-26-15-25-44(36-45)58-50-29-12-10-27-47(50)48-28-11-13-30-51(48)58/h1-13,15-22,24-38,56,58H,14,23H2,(H,62,63). The van der Waals surface area contributed by atoms with Gasteiger partial charge in [-0.25, -0.2) is 9.98 Å². The summed E-state index contributed by atoms with van der Waals surface area (Å²) in [6.07, 6.45) is 8.95. The molecule has 1 aromatic heterocycles. The molecule has 0 bridgehead atoms. The van der Waals surface area contributed by atoms with E-state index in [0.29, 0.717) is 0 Å². The van der Waals surface area contributed by atoms with Crippen molar-refractivity contribution in [2.45, 2.75) is 24.8 Å². The Morgan fingerprint density at radius 2 is 1.13 bits per heavy atom. The van der Waals surface area contributed by atoms with E-state index >= 15 is 0 Å². The molecule has 2 heterocycles. The van der Waals surface area contributed by atoms with Gasteiger partial charge in [-0.3, -0.25) is 0 Å². The summed E-state index contributed by atoms with van der Waals surface area (Å²) in [6.45, 7) is 0. The number of nitrogens with zero attached hydrogens (tertiary/aromatic N) is 2. The third kappa shape index (κ3) is 6.61. The Morgan fingerprint density at radius 1 is 0.492 bits per heavy atom. The Balaban J connectivity index is 0.954. The number of allylic oxidation sites excluding steroid dienone is 3. The molecular weight excluding hydrogens is 763 g/mol. The van der Waals surface area contributed by atoms with Gasteiger partial charge in [0.05, 0.1) is 22.9 Å². The molecule has 12 rings (SSSR count). The topological polar surface area (TPSA) is 37.3 Å². The lowest BCUT2D eigenvalue weighted by Gasteiger charge is -2.26. The first-order valence-corrected chi connectivity index (χ1v) is 22.0. The van der Waals surface area contributed by atoms with Crippen molar-refractivity contribution in [3.05, 3.63) is 263 Å². The molecule has 3 nitrogen and oxygen atoms in total. The number of amidine groups is 1. The van der Waals surface area contributed by atoms with Gasteiger partial charge in [0.25, 0.3) is 0 Å². The third-order valence-electron chi connectivity index (χ3n) is 13.1. The molecule has 1 N–H and O–H groups in total. The van der Waals surface area contributed by atoms with E-state index in [2.05, 4.69) is 224 Å². The van der Waals surface area contributed by atoms with Gasteiger partial charge in [0.2, 0.25) is 0 Å². The molecule has 0 amide bonds. The number of rotatable bonds is 7. The Morgan fingerprint density at radius 3 is 1.89 bits per heavy atom. The number of hydrogen-bond acceptors (Lipinski definition) is 3. The van der Waals surface area contributed by atoms with Gasteiger partial charge in [-0.1, -0.05) is 188 Å². The molecule has 0 saturated heterocycles. The molecule has 3 aliphatic rings. The molecule has 1 unspecified atom stereocenters. The van der Waals surface area contributed by atoms with Gasteiger partial charge in [-0.2, -0.15) is 0 Å². The maximum Gasteiger partial charge on any atom is 0.134 e. The fourth-order valence-electron chi connectivity index (χ4n) is 10.1. The number of pyridine rings is 1. The van der Waals surface area contributed by atoms with Crippen molar-refractivity contribution in [1.29, 1.82) is 0 Å². The molecule has 1 aliphatic heterocycles. The van der Waals surface area contributed by atoms with E-state index < -0.39 is 0 Å². The van der Waals surface area contributed by atoms with E-state index in [-0.39, 0.29) is 12.0 Å². The highest BCUT2D eigenvalue weighted by atomic mass is 15.0. The van der Waals surface area contributed by atoms with Gasteiger partial charge >= 0.3 is 0 Å². The molecule has 0 saturated carbocycles. The fraction of sp³-hybridized carbons (Fsp3) is 0.0667. The highest BCUT2D eigenvalue weighted by molar-refractivity contribution is 6.16. The van der Waals surface area contributed by atoms with E-state index in [1.165, 1.54) is 71.8 Å². The highest BCUT2D eigenvalue weighted by Crippen LogP contribution is 2.48. The number of nitrogens with one attached hydrogen (secondary N) is 1. The molecule has 63 heavy (non-hydrogen) atoms. The van der Waals surface area contributed by atoms with E-state index in [1.807, 2.05) is 0 Å². The molecule has 0 spiro atoms. The number of hydrogen-bond donors (Lipinski definition) is 1. The minimum Gasteiger partial charge on any atom is -0.359 e. The van der Waals surface area contributed by atoms with Crippen LogP contribution in [-0.4, -0.2) is 10.8 Å². The zero-order chi connectivity index (χ0) is 41.7. The monoisotopic (exact) mass is 805 g/mol. The molecule has 3 heteroatoms. The van der Waals surface area contributed by atoms with Crippen LogP contribution < -0.4 is 5.32 Å². The van der Waals surface area contributed by atoms with Crippen molar-refractivity contribution in [2.75, 3.05) is 0 Å². The van der Waals surface area contributed by atoms with E-state index in [1.54, 1.807) is 0 Å². The molecule has 0 fully saturated rings. The van der Waals surface area contributed by atoms with Crippen molar-refractivity contribution in [1.82, 2.24) is 10.3 Å². The Labute approximate surface area is 368 Å². The quantitative estimate of drug-likeness (QED) is 0.163. The average molecular weight is 806 g/mol. The van der Waals surface area contributed by atoms with Crippen LogP contribution in [0.1, 0.15) is 58.2 Å². The Kier molecular flexibility index (Phi) is 9.11. The zero-order valence-electron chi connectivity index (χ0n) is 34.7. The van der Waals surface area contributed by atoms with Gasteiger partial charge in [-0.05, 0) is 115 Å². The summed E-state index contributed by atoms with van der Waals surface area (Å²) in [4.78, 5) is 10.7. The third-order valence-corrected chi connectivity index (χ3v) is 13.1. The summed E-state index contributed by atoms with van der Waals surface area (Å²) in [5.74, 6) is 1.05. The lowest BCUT2D eigenvalue weighted by atomic mass is 9.87. The summed E-state index contributed by atoms with van der Waals surface area (Å²) in [5.41, 5.74) is 19.1. The largest absolute Gasteiger partial charge is 0.359 e. The lowest BCUT2D eigenvalue weighted by molar-refractivity contribution is 0.766. The Bertz CT molecular complexity index is 3310. The number of benzene rings is 8. The Hall–Kier alpha value is -7.88. The first kappa shape index (κ1) is 36.9. The summed E-state index contributed by atoms with van der Waals surface area (Å²) >= 11 is 0. The second kappa shape index (κ2) is 15.5. The molecule has 9 aromatic rings. The minimum atomic E-state index is -0.0430. The maximum atomic E-state index is 5.46. The van der Waals surface area contributed by atoms with Gasteiger partial charge in [0.1, 0.15) is 5.84 Å². The molecule has 298 valence electrons. The van der Waals surface area contributed by atoms with Gasteiger partial charge in [0, 0.05) is 22.4 Å². The second-order valence-electron chi connectivity index (χ2n) is 16.8. The smallest absolute Gasteiger partial charge is 0.134 e. The van der Waals surface area contributed by atoms with Gasteiger partial charge in [-0.15, -0.1) is 0 Å². The molecular formula is C60H43N3. The highest BCUT2D eigenvalue weighted by Gasteiger charge is 2.30. The van der Waals surface area contributed by atoms with Crippen molar-refractivity contribution < 1.29 is 0 Å².